The number of amides is 3. The Bertz CT molecular complexity index is 1180. The van der Waals surface area contributed by atoms with Gasteiger partial charge in [0.1, 0.15) is 17.1 Å². The molecule has 1 aromatic heterocycles. The summed E-state index contributed by atoms with van der Waals surface area (Å²) < 4.78 is 33.0. The number of benzene rings is 1. The van der Waals surface area contributed by atoms with Crippen molar-refractivity contribution in [3.63, 3.8) is 0 Å². The van der Waals surface area contributed by atoms with Crippen molar-refractivity contribution < 1.29 is 22.7 Å². The third-order valence-electron chi connectivity index (χ3n) is 6.28. The highest BCUT2D eigenvalue weighted by molar-refractivity contribution is 7.89. The van der Waals surface area contributed by atoms with Crippen molar-refractivity contribution in [2.45, 2.75) is 43.7 Å². The van der Waals surface area contributed by atoms with Crippen LogP contribution in [-0.2, 0) is 21.4 Å². The molecule has 1 saturated heterocycles. The highest BCUT2D eigenvalue weighted by atomic mass is 32.2. The molecule has 0 bridgehead atoms. The summed E-state index contributed by atoms with van der Waals surface area (Å²) in [5.41, 5.74) is -0.631. The lowest BCUT2D eigenvalue weighted by molar-refractivity contribution is -0.123. The standard InChI is InChI=1S/C22H25N5O5S/c1-27(33(30,31)13-22(16-6-7-16)20(28)25-21(29)26-22)12-14-2-8-17(9-3-14)32-18-10-23-19(24-11-18)15-4-5-15/h2-3,8-11,15-16H,4-7,12-13H2,1H3,(H2,25,26,28,29)/t22-/m0/s1. The molecule has 2 saturated carbocycles. The lowest BCUT2D eigenvalue weighted by Crippen LogP contribution is -2.56. The third-order valence-corrected chi connectivity index (χ3v) is 8.18. The number of rotatable bonds is 9. The first-order valence-corrected chi connectivity index (χ1v) is 12.5. The number of aromatic nitrogens is 2. The van der Waals surface area contributed by atoms with Crippen LogP contribution in [0.25, 0.3) is 0 Å². The first-order chi connectivity index (χ1) is 15.7. The molecule has 3 fully saturated rings. The van der Waals surface area contributed by atoms with Gasteiger partial charge in [0.05, 0.1) is 18.1 Å². The summed E-state index contributed by atoms with van der Waals surface area (Å²) in [5.74, 6) is 1.26. The summed E-state index contributed by atoms with van der Waals surface area (Å²) in [4.78, 5) is 32.7. The zero-order chi connectivity index (χ0) is 23.2. The van der Waals surface area contributed by atoms with Gasteiger partial charge < -0.3 is 10.1 Å². The van der Waals surface area contributed by atoms with Gasteiger partial charge in [-0.2, -0.15) is 0 Å². The quantitative estimate of drug-likeness (QED) is 0.534. The van der Waals surface area contributed by atoms with Gasteiger partial charge in [-0.3, -0.25) is 10.1 Å². The molecule has 2 aliphatic carbocycles. The number of hydrogen-bond donors (Lipinski definition) is 2. The fourth-order valence-electron chi connectivity index (χ4n) is 4.07. The maximum Gasteiger partial charge on any atom is 0.322 e. The third kappa shape index (κ3) is 4.55. The van der Waals surface area contributed by atoms with Crippen LogP contribution in [0.1, 0.15) is 43.0 Å². The SMILES string of the molecule is CN(Cc1ccc(Oc2cnc(C3CC3)nc2)cc1)S(=O)(=O)C[C@@]1(C2CC2)NC(=O)NC1=O. The van der Waals surface area contributed by atoms with Crippen LogP contribution in [0.5, 0.6) is 11.5 Å². The van der Waals surface area contributed by atoms with Gasteiger partial charge in [0.2, 0.25) is 10.0 Å². The molecule has 0 spiro atoms. The number of nitrogens with zero attached hydrogens (tertiary/aromatic N) is 3. The minimum atomic E-state index is -3.82. The van der Waals surface area contributed by atoms with Crippen molar-refractivity contribution >= 4 is 22.0 Å². The van der Waals surface area contributed by atoms with Gasteiger partial charge in [-0.05, 0) is 49.3 Å². The summed E-state index contributed by atoms with van der Waals surface area (Å²) in [6, 6.07) is 6.41. The predicted molar refractivity (Wildman–Crippen MR) is 118 cm³/mol. The van der Waals surface area contributed by atoms with E-state index in [9.17, 15) is 18.0 Å². The Morgan fingerprint density at radius 2 is 1.73 bits per heavy atom. The minimum Gasteiger partial charge on any atom is -0.454 e. The molecule has 0 unspecified atom stereocenters. The van der Waals surface area contributed by atoms with E-state index in [1.165, 1.54) is 11.4 Å². The Labute approximate surface area is 191 Å². The topological polar surface area (TPSA) is 131 Å². The summed E-state index contributed by atoms with van der Waals surface area (Å²) in [5, 5.41) is 4.75. The van der Waals surface area contributed by atoms with E-state index in [-0.39, 0.29) is 12.5 Å². The summed E-state index contributed by atoms with van der Waals surface area (Å²) in [7, 11) is -2.35. The number of sulfonamides is 1. The molecule has 3 amide bonds. The van der Waals surface area contributed by atoms with Gasteiger partial charge >= 0.3 is 6.03 Å². The van der Waals surface area contributed by atoms with Crippen molar-refractivity contribution in [2.75, 3.05) is 12.8 Å². The highest BCUT2D eigenvalue weighted by Crippen LogP contribution is 2.42. The van der Waals surface area contributed by atoms with Crippen molar-refractivity contribution in [3.8, 4) is 11.5 Å². The largest absolute Gasteiger partial charge is 0.454 e. The lowest BCUT2D eigenvalue weighted by Gasteiger charge is -2.28. The maximum atomic E-state index is 13.0. The second-order valence-corrected chi connectivity index (χ2v) is 11.0. The van der Waals surface area contributed by atoms with E-state index in [0.29, 0.717) is 30.3 Å². The molecule has 10 nitrogen and oxygen atoms in total. The molecule has 174 valence electrons. The number of nitrogens with one attached hydrogen (secondary N) is 2. The van der Waals surface area contributed by atoms with E-state index in [1.54, 1.807) is 36.7 Å². The average molecular weight is 472 g/mol. The first-order valence-electron chi connectivity index (χ1n) is 10.9. The van der Waals surface area contributed by atoms with Crippen LogP contribution >= 0.6 is 0 Å². The second kappa shape index (κ2) is 8.07. The molecular weight excluding hydrogens is 446 g/mol. The molecule has 1 atom stereocenters. The van der Waals surface area contributed by atoms with E-state index in [0.717, 1.165) is 24.2 Å². The normalized spacial score (nSPS) is 22.8. The molecule has 33 heavy (non-hydrogen) atoms. The number of carbonyl (C=O) groups excluding carboxylic acids is 2. The van der Waals surface area contributed by atoms with Gasteiger partial charge in [-0.25, -0.2) is 27.5 Å². The monoisotopic (exact) mass is 471 g/mol. The fourth-order valence-corrected chi connectivity index (χ4v) is 5.65. The zero-order valence-electron chi connectivity index (χ0n) is 18.2. The second-order valence-electron chi connectivity index (χ2n) is 8.96. The van der Waals surface area contributed by atoms with Crippen LogP contribution < -0.4 is 15.4 Å². The number of ether oxygens (including phenoxy) is 1. The smallest absolute Gasteiger partial charge is 0.322 e. The highest BCUT2D eigenvalue weighted by Gasteiger charge is 2.58. The van der Waals surface area contributed by atoms with E-state index in [4.69, 9.17) is 4.74 Å². The predicted octanol–water partition coefficient (Wildman–Crippen LogP) is 1.90. The number of imide groups is 1. The van der Waals surface area contributed by atoms with E-state index in [1.807, 2.05) is 0 Å². The van der Waals surface area contributed by atoms with Crippen LogP contribution in [0, 0.1) is 5.92 Å². The lowest BCUT2D eigenvalue weighted by atomic mass is 9.96. The van der Waals surface area contributed by atoms with E-state index in [2.05, 4.69) is 20.6 Å². The van der Waals surface area contributed by atoms with Crippen LogP contribution in [0.15, 0.2) is 36.7 Å². The molecule has 1 aliphatic heterocycles. The van der Waals surface area contributed by atoms with Crippen molar-refractivity contribution in [1.82, 2.24) is 24.9 Å². The average Bonchev–Trinajstić information content (AvgIpc) is 3.68. The molecule has 3 aliphatic rings. The molecule has 11 heteroatoms. The van der Waals surface area contributed by atoms with Crippen molar-refractivity contribution in [1.29, 1.82) is 0 Å². The van der Waals surface area contributed by atoms with Gasteiger partial charge in [0, 0.05) is 19.5 Å². The summed E-state index contributed by atoms with van der Waals surface area (Å²) >= 11 is 0. The zero-order valence-corrected chi connectivity index (χ0v) is 19.0. The molecular formula is C22H25N5O5S. The van der Waals surface area contributed by atoms with Crippen LogP contribution in [-0.4, -0.2) is 53.0 Å². The van der Waals surface area contributed by atoms with Crippen LogP contribution in [0.3, 0.4) is 0 Å². The summed E-state index contributed by atoms with van der Waals surface area (Å²) in [6.07, 6.45) is 7.00. The van der Waals surface area contributed by atoms with Crippen LogP contribution in [0.4, 0.5) is 4.79 Å². The molecule has 2 N–H and O–H groups in total. The van der Waals surface area contributed by atoms with Gasteiger partial charge in [-0.1, -0.05) is 12.1 Å². The molecule has 1 aromatic carbocycles. The minimum absolute atomic E-state index is 0.123. The molecule has 2 heterocycles. The van der Waals surface area contributed by atoms with Crippen molar-refractivity contribution in [3.05, 3.63) is 48.0 Å². The van der Waals surface area contributed by atoms with E-state index < -0.39 is 33.3 Å². The van der Waals surface area contributed by atoms with Gasteiger partial charge in [0.15, 0.2) is 5.75 Å². The number of hydrogen-bond acceptors (Lipinski definition) is 7. The molecule has 2 aromatic rings. The van der Waals surface area contributed by atoms with Crippen LogP contribution in [0.2, 0.25) is 0 Å². The Hall–Kier alpha value is -3.05. The first kappa shape index (κ1) is 21.8. The van der Waals surface area contributed by atoms with Crippen molar-refractivity contribution in [2.24, 2.45) is 5.92 Å². The Kier molecular flexibility index (Phi) is 5.32. The van der Waals surface area contributed by atoms with Gasteiger partial charge in [0.25, 0.3) is 5.91 Å². The van der Waals surface area contributed by atoms with Gasteiger partial charge in [-0.15, -0.1) is 0 Å². The summed E-state index contributed by atoms with van der Waals surface area (Å²) in [6.45, 7) is 0.123. The van der Waals surface area contributed by atoms with E-state index >= 15 is 0 Å². The molecule has 5 rings (SSSR count). The Balaban J connectivity index is 1.22. The maximum absolute atomic E-state index is 13.0. The Morgan fingerprint density at radius 3 is 2.27 bits per heavy atom. The fraction of sp³-hybridized carbons (Fsp3) is 0.455. The Morgan fingerprint density at radius 1 is 1.06 bits per heavy atom. The number of carbonyl (C=O) groups is 2. The molecule has 0 radical (unpaired) electrons. The number of urea groups is 1.